The molecule has 33 heavy (non-hydrogen) atoms. The van der Waals surface area contributed by atoms with Crippen LogP contribution in [-0.2, 0) is 6.61 Å². The van der Waals surface area contributed by atoms with Gasteiger partial charge in [-0.2, -0.15) is 0 Å². The average molecular weight is 483 g/mol. The fourth-order valence-electron chi connectivity index (χ4n) is 3.22. The molecule has 3 aromatic rings. The van der Waals surface area contributed by atoms with Crippen LogP contribution < -0.4 is 20.1 Å². The van der Waals surface area contributed by atoms with Crippen LogP contribution in [0.25, 0.3) is 0 Å². The molecule has 0 radical (unpaired) electrons. The van der Waals surface area contributed by atoms with Crippen LogP contribution in [0.5, 0.6) is 11.5 Å². The molecule has 2 amide bonds. The lowest BCUT2D eigenvalue weighted by Crippen LogP contribution is -2.19. The Morgan fingerprint density at radius 2 is 1.82 bits per heavy atom. The molecular weight excluding hydrogens is 459 g/mol. The highest BCUT2D eigenvalue weighted by atomic mass is 32.2. The Morgan fingerprint density at radius 3 is 2.52 bits per heavy atom. The highest BCUT2D eigenvalue weighted by Gasteiger charge is 2.23. The van der Waals surface area contributed by atoms with Gasteiger partial charge in [0.1, 0.15) is 12.4 Å². The molecule has 0 aliphatic carbocycles. The maximum atomic E-state index is 15.2. The number of methoxy groups -OCH3 is 1. The topological polar surface area (TPSA) is 59.6 Å². The van der Waals surface area contributed by atoms with Crippen molar-refractivity contribution >= 4 is 40.9 Å². The molecule has 0 aromatic heterocycles. The predicted octanol–water partition coefficient (Wildman–Crippen LogP) is 7.05. The summed E-state index contributed by atoms with van der Waals surface area (Å²) < 4.78 is 26.3. The number of para-hydroxylation sites is 1. The summed E-state index contributed by atoms with van der Waals surface area (Å²) in [5.74, 6) is 1.24. The lowest BCUT2D eigenvalue weighted by Gasteiger charge is -2.22. The van der Waals surface area contributed by atoms with E-state index in [9.17, 15) is 4.79 Å². The van der Waals surface area contributed by atoms with E-state index < -0.39 is 11.8 Å². The van der Waals surface area contributed by atoms with Crippen LogP contribution in [0.15, 0.2) is 78.2 Å². The quantitative estimate of drug-likeness (QED) is 0.378. The summed E-state index contributed by atoms with van der Waals surface area (Å²) in [4.78, 5) is 12.4. The number of thioether (sulfide) groups is 2. The summed E-state index contributed by atoms with van der Waals surface area (Å²) in [6.07, 6.45) is 2.06. The van der Waals surface area contributed by atoms with Crippen LogP contribution >= 0.6 is 23.5 Å². The molecule has 1 heterocycles. The zero-order chi connectivity index (χ0) is 23.0. The van der Waals surface area contributed by atoms with E-state index in [2.05, 4.69) is 16.7 Å². The van der Waals surface area contributed by atoms with E-state index in [1.807, 2.05) is 47.9 Å². The van der Waals surface area contributed by atoms with Gasteiger partial charge in [-0.3, -0.25) is 0 Å². The first-order valence-electron chi connectivity index (χ1n) is 10.3. The van der Waals surface area contributed by atoms with Crippen LogP contribution in [0.3, 0.4) is 0 Å². The van der Waals surface area contributed by atoms with E-state index in [-0.39, 0.29) is 16.9 Å². The number of ether oxygens (including phenoxy) is 2. The van der Waals surface area contributed by atoms with Gasteiger partial charge in [-0.15, -0.1) is 23.5 Å². The van der Waals surface area contributed by atoms with Crippen LogP contribution in [0.4, 0.5) is 20.6 Å². The summed E-state index contributed by atoms with van der Waals surface area (Å²) >= 11 is 3.27. The third-order valence-electron chi connectivity index (χ3n) is 4.80. The highest BCUT2D eigenvalue weighted by Crippen LogP contribution is 2.48. The smallest absolute Gasteiger partial charge is 0.323 e. The van der Waals surface area contributed by atoms with Crippen molar-refractivity contribution < 1.29 is 18.7 Å². The Kier molecular flexibility index (Phi) is 7.80. The predicted molar refractivity (Wildman–Crippen MR) is 135 cm³/mol. The van der Waals surface area contributed by atoms with Gasteiger partial charge in [-0.25, -0.2) is 9.18 Å². The third-order valence-corrected chi connectivity index (χ3v) is 7.33. The number of hydrogen-bond donors (Lipinski definition) is 2. The third kappa shape index (κ3) is 6.24. The molecule has 0 spiro atoms. The molecule has 0 saturated carbocycles. The number of amides is 2. The fraction of sp³-hybridized carbons (Fsp3) is 0.160. The van der Waals surface area contributed by atoms with Gasteiger partial charge in [0.2, 0.25) is 0 Å². The molecule has 1 atom stereocenters. The summed E-state index contributed by atoms with van der Waals surface area (Å²) in [5, 5.41) is 7.48. The highest BCUT2D eigenvalue weighted by molar-refractivity contribution is 8.18. The fourth-order valence-corrected chi connectivity index (χ4v) is 5.49. The molecule has 3 aromatic carbocycles. The van der Waals surface area contributed by atoms with Gasteiger partial charge >= 0.3 is 6.03 Å². The summed E-state index contributed by atoms with van der Waals surface area (Å²) in [5.41, 5.74) is 2.61. The van der Waals surface area contributed by atoms with Crippen LogP contribution in [0.2, 0.25) is 0 Å². The van der Waals surface area contributed by atoms with Crippen molar-refractivity contribution in [3.8, 4) is 11.5 Å². The summed E-state index contributed by atoms with van der Waals surface area (Å²) in [6.45, 7) is 0.215. The number of rotatable bonds is 7. The number of carbonyl (C=O) groups excluding carboxylic acids is 1. The molecular formula is C25H23FN2O3S2. The van der Waals surface area contributed by atoms with E-state index in [1.165, 1.54) is 6.07 Å². The number of anilines is 2. The Morgan fingerprint density at radius 1 is 1.06 bits per heavy atom. The van der Waals surface area contributed by atoms with Crippen molar-refractivity contribution in [2.75, 3.05) is 23.5 Å². The second-order valence-electron chi connectivity index (χ2n) is 7.13. The number of urea groups is 1. The Bertz CT molecular complexity index is 1120. The molecule has 0 bridgehead atoms. The van der Waals surface area contributed by atoms with Crippen molar-refractivity contribution in [2.45, 2.75) is 11.2 Å². The Labute approximate surface area is 200 Å². The zero-order valence-corrected chi connectivity index (χ0v) is 19.5. The van der Waals surface area contributed by atoms with Crippen LogP contribution in [-0.4, -0.2) is 18.9 Å². The first-order valence-corrected chi connectivity index (χ1v) is 12.3. The molecule has 1 aliphatic heterocycles. The zero-order valence-electron chi connectivity index (χ0n) is 17.9. The largest absolute Gasteiger partial charge is 0.497 e. The van der Waals surface area contributed by atoms with Crippen molar-refractivity contribution in [2.24, 2.45) is 0 Å². The maximum absolute atomic E-state index is 15.2. The van der Waals surface area contributed by atoms with Crippen LogP contribution in [0.1, 0.15) is 15.7 Å². The van der Waals surface area contributed by atoms with Gasteiger partial charge in [-0.1, -0.05) is 36.4 Å². The second kappa shape index (κ2) is 11.2. The number of nitrogens with one attached hydrogen (secondary N) is 2. The minimum Gasteiger partial charge on any atom is -0.497 e. The molecule has 1 aliphatic rings. The van der Waals surface area contributed by atoms with Crippen LogP contribution in [0, 0.1) is 5.82 Å². The lowest BCUT2D eigenvalue weighted by molar-refractivity contribution is 0.262. The molecule has 0 fully saturated rings. The molecule has 2 N–H and O–H groups in total. The van der Waals surface area contributed by atoms with E-state index in [0.29, 0.717) is 16.9 Å². The van der Waals surface area contributed by atoms with Gasteiger partial charge in [0.25, 0.3) is 0 Å². The maximum Gasteiger partial charge on any atom is 0.323 e. The minimum absolute atomic E-state index is 0.0469. The van der Waals surface area contributed by atoms with Gasteiger partial charge in [0.05, 0.1) is 11.7 Å². The van der Waals surface area contributed by atoms with Gasteiger partial charge < -0.3 is 20.1 Å². The molecule has 8 heteroatoms. The summed E-state index contributed by atoms with van der Waals surface area (Å²) in [7, 11) is 1.61. The van der Waals surface area contributed by atoms with E-state index in [1.54, 1.807) is 48.8 Å². The average Bonchev–Trinajstić information content (AvgIpc) is 2.84. The van der Waals surface area contributed by atoms with E-state index >= 15 is 4.39 Å². The van der Waals surface area contributed by atoms with Gasteiger partial charge in [0.15, 0.2) is 11.6 Å². The lowest BCUT2D eigenvalue weighted by atomic mass is 10.1. The Balaban J connectivity index is 1.54. The first-order chi connectivity index (χ1) is 16.1. The SMILES string of the molecule is COc1ccc(COc2c(F)cc(NC(=O)Nc3ccccc3)cc2C2SC=CCS2)cc1. The Hall–Kier alpha value is -3.10. The van der Waals surface area contributed by atoms with Crippen molar-refractivity contribution in [1.29, 1.82) is 0 Å². The molecule has 170 valence electrons. The molecule has 1 unspecified atom stereocenters. The number of carbonyl (C=O) groups is 1. The van der Waals surface area contributed by atoms with Gasteiger partial charge in [0, 0.05) is 28.8 Å². The van der Waals surface area contributed by atoms with Gasteiger partial charge in [-0.05, 0) is 41.3 Å². The van der Waals surface area contributed by atoms with Crippen molar-refractivity contribution in [3.63, 3.8) is 0 Å². The van der Waals surface area contributed by atoms with E-state index in [0.717, 1.165) is 17.1 Å². The number of halogens is 1. The molecule has 0 saturated heterocycles. The van der Waals surface area contributed by atoms with Crippen molar-refractivity contribution in [3.05, 3.63) is 95.2 Å². The number of benzene rings is 3. The minimum atomic E-state index is -0.522. The van der Waals surface area contributed by atoms with Crippen molar-refractivity contribution in [1.82, 2.24) is 0 Å². The normalized spacial score (nSPS) is 15.0. The van der Waals surface area contributed by atoms with E-state index in [4.69, 9.17) is 9.47 Å². The standard InChI is InChI=1S/C25H23FN2O3S2/c1-30-20-10-8-17(9-11-20)16-31-23-21(24-32-12-5-13-33-24)14-19(15-22(23)26)28-25(29)27-18-6-3-2-4-7-18/h2-12,14-15,24H,13,16H2,1H3,(H2,27,28,29). The molecule has 5 nitrogen and oxygen atoms in total. The monoisotopic (exact) mass is 482 g/mol. The molecule has 4 rings (SSSR count). The second-order valence-corrected chi connectivity index (χ2v) is 9.58. The summed E-state index contributed by atoms with van der Waals surface area (Å²) in [6, 6.07) is 19.1. The first kappa shape index (κ1) is 23.1. The number of hydrogen-bond acceptors (Lipinski definition) is 5.